The van der Waals surface area contributed by atoms with Gasteiger partial charge in [-0.25, -0.2) is 0 Å². The Labute approximate surface area is 160 Å². The van der Waals surface area contributed by atoms with Gasteiger partial charge in [0.1, 0.15) is 0 Å². The van der Waals surface area contributed by atoms with E-state index in [1.165, 1.54) is 5.56 Å². The minimum Gasteiger partial charge on any atom is -0.316 e. The third-order valence-corrected chi connectivity index (χ3v) is 5.76. The summed E-state index contributed by atoms with van der Waals surface area (Å²) in [4.78, 5) is 26.3. The van der Waals surface area contributed by atoms with Gasteiger partial charge in [0.25, 0.3) is 0 Å². The Morgan fingerprint density at radius 3 is 2.48 bits per heavy atom. The van der Waals surface area contributed by atoms with Crippen molar-refractivity contribution in [2.45, 2.75) is 32.6 Å². The van der Waals surface area contributed by atoms with Crippen LogP contribution in [0.2, 0.25) is 0 Å². The molecule has 140 valence electrons. The zero-order valence-electron chi connectivity index (χ0n) is 15.8. The number of anilines is 1. The molecule has 0 saturated carbocycles. The van der Waals surface area contributed by atoms with Gasteiger partial charge in [-0.2, -0.15) is 0 Å². The number of hydrogen-bond donors (Lipinski definition) is 1. The largest absolute Gasteiger partial charge is 0.316 e. The summed E-state index contributed by atoms with van der Waals surface area (Å²) in [6, 6.07) is 14.2. The van der Waals surface area contributed by atoms with Crippen LogP contribution in [-0.4, -0.2) is 31.3 Å². The molecule has 0 aliphatic carbocycles. The van der Waals surface area contributed by atoms with Gasteiger partial charge in [0.2, 0.25) is 5.91 Å². The maximum Gasteiger partial charge on any atom is 0.226 e. The Balaban J connectivity index is 1.46. The smallest absolute Gasteiger partial charge is 0.226 e. The first-order valence-electron chi connectivity index (χ1n) is 9.93. The second kappa shape index (κ2) is 7.65. The van der Waals surface area contributed by atoms with Crippen molar-refractivity contribution < 1.29 is 9.59 Å². The lowest BCUT2D eigenvalue weighted by molar-refractivity contribution is -0.118. The van der Waals surface area contributed by atoms with Crippen LogP contribution in [0.5, 0.6) is 0 Å². The third-order valence-electron chi connectivity index (χ3n) is 5.76. The number of nitrogens with one attached hydrogen (secondary N) is 1. The lowest BCUT2D eigenvalue weighted by Gasteiger charge is -2.26. The molecule has 0 atom stereocenters. The first-order chi connectivity index (χ1) is 13.2. The summed E-state index contributed by atoms with van der Waals surface area (Å²) in [5, 5.41) is 3.25. The van der Waals surface area contributed by atoms with Gasteiger partial charge in [0.15, 0.2) is 5.78 Å². The summed E-state index contributed by atoms with van der Waals surface area (Å²) in [6.07, 6.45) is 3.05. The predicted molar refractivity (Wildman–Crippen MR) is 108 cm³/mol. The molecule has 4 nitrogen and oxygen atoms in total. The van der Waals surface area contributed by atoms with Crippen LogP contribution in [0.4, 0.5) is 5.69 Å². The van der Waals surface area contributed by atoms with Crippen LogP contribution < -0.4 is 10.2 Å². The molecule has 1 N–H and O–H groups in total. The van der Waals surface area contributed by atoms with Crippen LogP contribution in [0.3, 0.4) is 0 Å². The lowest BCUT2D eigenvalue weighted by atomic mass is 9.93. The van der Waals surface area contributed by atoms with Gasteiger partial charge >= 0.3 is 0 Å². The van der Waals surface area contributed by atoms with Gasteiger partial charge in [-0.15, -0.1) is 0 Å². The topological polar surface area (TPSA) is 49.4 Å². The standard InChI is InChI=1S/C23H26N2O2/c1-2-23(27)25-12-11-20-13-19(8-9-21(20)25)17-4-6-18(7-5-17)22(26)10-3-16-14-24-15-16/h4-9,13,16,24H,2-3,10-12,14-15H2,1H3. The number of carbonyl (C=O) groups excluding carboxylic acids is 2. The molecule has 4 rings (SSSR count). The van der Waals surface area contributed by atoms with E-state index in [1.54, 1.807) is 0 Å². The number of benzene rings is 2. The SMILES string of the molecule is CCC(=O)N1CCc2cc(-c3ccc(C(=O)CCC4CNC4)cc3)ccc21. The monoisotopic (exact) mass is 362 g/mol. The molecule has 2 aliphatic rings. The third kappa shape index (κ3) is 3.67. The zero-order chi connectivity index (χ0) is 18.8. The Morgan fingerprint density at radius 2 is 1.81 bits per heavy atom. The molecule has 1 fully saturated rings. The average Bonchev–Trinajstić information content (AvgIpc) is 3.09. The molecular weight excluding hydrogens is 336 g/mol. The van der Waals surface area contributed by atoms with Gasteiger partial charge in [-0.1, -0.05) is 37.3 Å². The Kier molecular flexibility index (Phi) is 5.08. The summed E-state index contributed by atoms with van der Waals surface area (Å²) in [7, 11) is 0. The van der Waals surface area contributed by atoms with E-state index < -0.39 is 0 Å². The predicted octanol–water partition coefficient (Wildman–Crippen LogP) is 3.84. The molecule has 0 unspecified atom stereocenters. The van der Waals surface area contributed by atoms with Crippen molar-refractivity contribution in [3.8, 4) is 11.1 Å². The highest BCUT2D eigenvalue weighted by molar-refractivity contribution is 5.97. The van der Waals surface area contributed by atoms with E-state index in [1.807, 2.05) is 36.1 Å². The van der Waals surface area contributed by atoms with E-state index >= 15 is 0 Å². The maximum absolute atomic E-state index is 12.4. The number of carbonyl (C=O) groups is 2. The van der Waals surface area contributed by atoms with Crippen LogP contribution in [0, 0.1) is 5.92 Å². The Morgan fingerprint density at radius 1 is 1.07 bits per heavy atom. The number of fused-ring (bicyclic) bond motifs is 1. The second-order valence-corrected chi connectivity index (χ2v) is 7.56. The molecule has 0 aromatic heterocycles. The number of hydrogen-bond acceptors (Lipinski definition) is 3. The highest BCUT2D eigenvalue weighted by atomic mass is 16.2. The van der Waals surface area contributed by atoms with Crippen molar-refractivity contribution in [1.82, 2.24) is 5.32 Å². The zero-order valence-corrected chi connectivity index (χ0v) is 15.8. The summed E-state index contributed by atoms with van der Waals surface area (Å²) >= 11 is 0. The summed E-state index contributed by atoms with van der Waals surface area (Å²) < 4.78 is 0. The van der Waals surface area contributed by atoms with Crippen LogP contribution in [0.25, 0.3) is 11.1 Å². The van der Waals surface area contributed by atoms with E-state index in [0.29, 0.717) is 18.8 Å². The van der Waals surface area contributed by atoms with E-state index in [-0.39, 0.29) is 11.7 Å². The van der Waals surface area contributed by atoms with Gasteiger partial charge in [0, 0.05) is 30.6 Å². The number of ketones is 1. The van der Waals surface area contributed by atoms with E-state index in [9.17, 15) is 9.59 Å². The highest BCUT2D eigenvalue weighted by Crippen LogP contribution is 2.33. The molecule has 2 heterocycles. The van der Waals surface area contributed by atoms with Crippen LogP contribution >= 0.6 is 0 Å². The Bertz CT molecular complexity index is 853. The van der Waals surface area contributed by atoms with Crippen molar-refractivity contribution in [3.63, 3.8) is 0 Å². The molecule has 0 radical (unpaired) electrons. The van der Waals surface area contributed by atoms with Gasteiger partial charge in [0.05, 0.1) is 0 Å². The summed E-state index contributed by atoms with van der Waals surface area (Å²) in [5.41, 5.74) is 5.32. The minimum absolute atomic E-state index is 0.182. The maximum atomic E-state index is 12.4. The highest BCUT2D eigenvalue weighted by Gasteiger charge is 2.23. The molecule has 2 aliphatic heterocycles. The normalized spacial score (nSPS) is 16.1. The van der Waals surface area contributed by atoms with Crippen molar-refractivity contribution >= 4 is 17.4 Å². The fourth-order valence-corrected chi connectivity index (χ4v) is 3.91. The van der Waals surface area contributed by atoms with Crippen LogP contribution in [0.1, 0.15) is 42.1 Å². The van der Waals surface area contributed by atoms with E-state index in [4.69, 9.17) is 0 Å². The second-order valence-electron chi connectivity index (χ2n) is 7.56. The van der Waals surface area contributed by atoms with Crippen LogP contribution in [-0.2, 0) is 11.2 Å². The molecular formula is C23H26N2O2. The fraction of sp³-hybridized carbons (Fsp3) is 0.391. The van der Waals surface area contributed by atoms with Crippen molar-refractivity contribution in [3.05, 3.63) is 53.6 Å². The van der Waals surface area contributed by atoms with Crippen molar-refractivity contribution in [1.29, 1.82) is 0 Å². The molecule has 0 bridgehead atoms. The summed E-state index contributed by atoms with van der Waals surface area (Å²) in [5.74, 6) is 1.08. The number of nitrogens with zero attached hydrogens (tertiary/aromatic N) is 1. The molecule has 1 amide bonds. The summed E-state index contributed by atoms with van der Waals surface area (Å²) in [6.45, 7) is 4.77. The first-order valence-corrected chi connectivity index (χ1v) is 9.93. The van der Waals surface area contributed by atoms with E-state index in [0.717, 1.165) is 54.9 Å². The molecule has 0 spiro atoms. The molecule has 27 heavy (non-hydrogen) atoms. The van der Waals surface area contributed by atoms with E-state index in [2.05, 4.69) is 23.5 Å². The van der Waals surface area contributed by atoms with Crippen molar-refractivity contribution in [2.75, 3.05) is 24.5 Å². The number of Topliss-reactive ketones (excluding diaryl/α,β-unsaturated/α-hetero) is 1. The van der Waals surface area contributed by atoms with Crippen molar-refractivity contribution in [2.24, 2.45) is 5.92 Å². The molecule has 1 saturated heterocycles. The van der Waals surface area contributed by atoms with Gasteiger partial charge < -0.3 is 10.2 Å². The molecule has 2 aromatic rings. The number of rotatable bonds is 6. The number of amides is 1. The first kappa shape index (κ1) is 17.9. The van der Waals surface area contributed by atoms with Gasteiger partial charge in [-0.3, -0.25) is 9.59 Å². The van der Waals surface area contributed by atoms with Gasteiger partial charge in [-0.05, 0) is 60.7 Å². The minimum atomic E-state index is 0.182. The molecule has 2 aromatic carbocycles. The fourth-order valence-electron chi connectivity index (χ4n) is 3.91. The van der Waals surface area contributed by atoms with Crippen LogP contribution in [0.15, 0.2) is 42.5 Å². The molecule has 4 heteroatoms. The quantitative estimate of drug-likeness (QED) is 0.795. The Hall–Kier alpha value is -2.46. The lowest BCUT2D eigenvalue weighted by Crippen LogP contribution is -2.42. The average molecular weight is 362 g/mol.